The van der Waals surface area contributed by atoms with E-state index in [1.54, 1.807) is 14.0 Å². The van der Waals surface area contributed by atoms with Crippen LogP contribution in [0.25, 0.3) is 0 Å². The fraction of sp³-hybridized carbons (Fsp3) is 0.857. The summed E-state index contributed by atoms with van der Waals surface area (Å²) in [5, 5.41) is 0. The summed E-state index contributed by atoms with van der Waals surface area (Å²) in [5.41, 5.74) is -0.139. The smallest absolute Gasteiger partial charge is 0.220 e. The van der Waals surface area contributed by atoms with Crippen molar-refractivity contribution < 1.29 is 9.47 Å². The van der Waals surface area contributed by atoms with E-state index in [-0.39, 0.29) is 5.60 Å². The Hall–Kier alpha value is -0.0800. The Labute approximate surface area is 57.2 Å². The zero-order valence-corrected chi connectivity index (χ0v) is 6.82. The number of hydrogen-bond acceptors (Lipinski definition) is 2. The Kier molecular flexibility index (Phi) is 3.15. The Morgan fingerprint density at radius 3 is 1.78 bits per heavy atom. The third kappa shape index (κ3) is 5.80. The summed E-state index contributed by atoms with van der Waals surface area (Å²) < 4.78 is 10.1. The fourth-order valence-electron chi connectivity index (χ4n) is 0.473. The second-order valence-electron chi connectivity index (χ2n) is 2.91. The molecule has 2 nitrogen and oxygen atoms in total. The molecule has 9 heavy (non-hydrogen) atoms. The zero-order valence-electron chi connectivity index (χ0n) is 6.82. The van der Waals surface area contributed by atoms with Gasteiger partial charge in [-0.25, -0.2) is 0 Å². The Morgan fingerprint density at radius 2 is 1.67 bits per heavy atom. The van der Waals surface area contributed by atoms with E-state index < -0.39 is 0 Å². The summed E-state index contributed by atoms with van der Waals surface area (Å²) in [6.07, 6.45) is 0.613. The largest absolute Gasteiger partial charge is 0.349 e. The molecule has 0 amide bonds. The van der Waals surface area contributed by atoms with Crippen LogP contribution in [0.4, 0.5) is 0 Å². The molecule has 2 heteroatoms. The van der Waals surface area contributed by atoms with Crippen molar-refractivity contribution in [3.05, 3.63) is 6.29 Å². The van der Waals surface area contributed by atoms with E-state index in [0.717, 1.165) is 0 Å². The van der Waals surface area contributed by atoms with Gasteiger partial charge in [0.05, 0.1) is 5.60 Å². The van der Waals surface area contributed by atoms with E-state index in [0.29, 0.717) is 6.29 Å². The molecule has 0 N–H and O–H groups in total. The second-order valence-corrected chi connectivity index (χ2v) is 2.91. The summed E-state index contributed by atoms with van der Waals surface area (Å²) in [6.45, 7) is 7.74. The maximum absolute atomic E-state index is 5.28. The standard InChI is InChI=1S/C7H15O2/c1-6(8-5)9-7(2,3)4/h1-5H3. The molecule has 1 radical (unpaired) electrons. The molecule has 0 aliphatic heterocycles. The molecule has 0 aromatic heterocycles. The maximum Gasteiger partial charge on any atom is 0.220 e. The molecule has 0 unspecified atom stereocenters. The fourth-order valence-corrected chi connectivity index (χ4v) is 0.473. The van der Waals surface area contributed by atoms with Crippen molar-refractivity contribution >= 4 is 0 Å². The lowest BCUT2D eigenvalue weighted by Crippen LogP contribution is -2.21. The molecular weight excluding hydrogens is 116 g/mol. The van der Waals surface area contributed by atoms with Gasteiger partial charge in [-0.05, 0) is 27.7 Å². The molecule has 0 aliphatic rings. The van der Waals surface area contributed by atoms with Gasteiger partial charge >= 0.3 is 0 Å². The Bertz CT molecular complexity index is 73.5. The minimum absolute atomic E-state index is 0.139. The highest BCUT2D eigenvalue weighted by molar-refractivity contribution is 4.65. The van der Waals surface area contributed by atoms with Crippen molar-refractivity contribution in [2.75, 3.05) is 7.11 Å². The van der Waals surface area contributed by atoms with Gasteiger partial charge in [-0.2, -0.15) is 0 Å². The lowest BCUT2D eigenvalue weighted by molar-refractivity contribution is -0.0898. The third-order valence-electron chi connectivity index (χ3n) is 0.737. The Morgan fingerprint density at radius 1 is 1.22 bits per heavy atom. The molecule has 55 valence electrons. The van der Waals surface area contributed by atoms with E-state index in [1.165, 1.54) is 0 Å². The van der Waals surface area contributed by atoms with Gasteiger partial charge < -0.3 is 9.47 Å². The van der Waals surface area contributed by atoms with Crippen LogP contribution < -0.4 is 0 Å². The summed E-state index contributed by atoms with van der Waals surface area (Å²) in [4.78, 5) is 0. The van der Waals surface area contributed by atoms with E-state index in [4.69, 9.17) is 9.47 Å². The average molecular weight is 131 g/mol. The van der Waals surface area contributed by atoms with Gasteiger partial charge in [0.25, 0.3) is 0 Å². The van der Waals surface area contributed by atoms with E-state index in [2.05, 4.69) is 0 Å². The van der Waals surface area contributed by atoms with Crippen molar-refractivity contribution in [1.29, 1.82) is 0 Å². The van der Waals surface area contributed by atoms with Gasteiger partial charge in [-0.15, -0.1) is 0 Å². The van der Waals surface area contributed by atoms with E-state index in [9.17, 15) is 0 Å². The number of rotatable bonds is 2. The molecule has 0 saturated carbocycles. The van der Waals surface area contributed by atoms with Gasteiger partial charge in [0.2, 0.25) is 6.29 Å². The molecule has 0 bridgehead atoms. The minimum atomic E-state index is -0.139. The van der Waals surface area contributed by atoms with Crippen LogP contribution in [0.15, 0.2) is 0 Å². The topological polar surface area (TPSA) is 18.5 Å². The maximum atomic E-state index is 5.28. The molecule has 0 fully saturated rings. The van der Waals surface area contributed by atoms with E-state index >= 15 is 0 Å². The molecule has 0 heterocycles. The molecule has 0 atom stereocenters. The molecule has 0 rings (SSSR count). The van der Waals surface area contributed by atoms with Crippen molar-refractivity contribution in [3.8, 4) is 0 Å². The van der Waals surface area contributed by atoms with Crippen LogP contribution in [0.3, 0.4) is 0 Å². The normalized spacial score (nSPS) is 12.7. The van der Waals surface area contributed by atoms with Gasteiger partial charge in [-0.1, -0.05) is 0 Å². The first-order valence-corrected chi connectivity index (χ1v) is 3.02. The third-order valence-corrected chi connectivity index (χ3v) is 0.737. The number of hydrogen-bond donors (Lipinski definition) is 0. The van der Waals surface area contributed by atoms with Gasteiger partial charge in [0, 0.05) is 7.11 Å². The highest BCUT2D eigenvalue weighted by Crippen LogP contribution is 2.14. The molecule has 0 spiro atoms. The predicted octanol–water partition coefficient (Wildman–Crippen LogP) is 1.96. The molecule has 0 saturated heterocycles. The Balaban J connectivity index is 3.47. The lowest BCUT2D eigenvalue weighted by atomic mass is 10.2. The number of methoxy groups -OCH3 is 1. The van der Waals surface area contributed by atoms with Gasteiger partial charge in [0.15, 0.2) is 0 Å². The average Bonchev–Trinajstić information content (AvgIpc) is 1.62. The first-order chi connectivity index (χ1) is 3.95. The predicted molar refractivity (Wildman–Crippen MR) is 36.8 cm³/mol. The van der Waals surface area contributed by atoms with Gasteiger partial charge in [0.1, 0.15) is 0 Å². The highest BCUT2D eigenvalue weighted by Gasteiger charge is 2.14. The van der Waals surface area contributed by atoms with Crippen LogP contribution in [-0.4, -0.2) is 12.7 Å². The summed E-state index contributed by atoms with van der Waals surface area (Å²) in [5.74, 6) is 0. The monoisotopic (exact) mass is 131 g/mol. The van der Waals surface area contributed by atoms with Crippen LogP contribution >= 0.6 is 0 Å². The van der Waals surface area contributed by atoms with Crippen molar-refractivity contribution in [3.63, 3.8) is 0 Å². The lowest BCUT2D eigenvalue weighted by Gasteiger charge is -2.22. The summed E-state index contributed by atoms with van der Waals surface area (Å²) in [6, 6.07) is 0. The first-order valence-electron chi connectivity index (χ1n) is 3.02. The molecular formula is C7H15O2. The summed E-state index contributed by atoms with van der Waals surface area (Å²) >= 11 is 0. The molecule has 0 aromatic carbocycles. The van der Waals surface area contributed by atoms with Crippen LogP contribution in [0.5, 0.6) is 0 Å². The zero-order chi connectivity index (χ0) is 7.49. The van der Waals surface area contributed by atoms with Gasteiger partial charge in [-0.3, -0.25) is 0 Å². The van der Waals surface area contributed by atoms with E-state index in [1.807, 2.05) is 20.8 Å². The van der Waals surface area contributed by atoms with Crippen LogP contribution in [-0.2, 0) is 9.47 Å². The SMILES string of the molecule is CO[C](C)OC(C)(C)C. The van der Waals surface area contributed by atoms with Crippen molar-refractivity contribution in [2.45, 2.75) is 33.3 Å². The first kappa shape index (κ1) is 8.92. The molecule has 0 aliphatic carbocycles. The quantitative estimate of drug-likeness (QED) is 0.570. The minimum Gasteiger partial charge on any atom is -0.349 e. The number of ether oxygens (including phenoxy) is 2. The van der Waals surface area contributed by atoms with Crippen LogP contribution in [0, 0.1) is 6.29 Å². The van der Waals surface area contributed by atoms with Crippen LogP contribution in [0.1, 0.15) is 27.7 Å². The van der Waals surface area contributed by atoms with Crippen molar-refractivity contribution in [1.82, 2.24) is 0 Å². The second kappa shape index (κ2) is 3.18. The highest BCUT2D eigenvalue weighted by atomic mass is 16.7. The molecule has 0 aromatic rings. The summed E-state index contributed by atoms with van der Waals surface area (Å²) in [7, 11) is 1.60. The van der Waals surface area contributed by atoms with Crippen molar-refractivity contribution in [2.24, 2.45) is 0 Å². The van der Waals surface area contributed by atoms with Crippen LogP contribution in [0.2, 0.25) is 0 Å².